The molecule has 0 spiro atoms. The number of methoxy groups -OCH3 is 1. The Morgan fingerprint density at radius 1 is 0.467 bits per heavy atom. The van der Waals surface area contributed by atoms with E-state index in [1.807, 2.05) is 0 Å². The lowest BCUT2D eigenvalue weighted by Crippen LogP contribution is -2.23. The summed E-state index contributed by atoms with van der Waals surface area (Å²) >= 11 is 11.9. The lowest BCUT2D eigenvalue weighted by atomic mass is 10.3. The van der Waals surface area contributed by atoms with Gasteiger partial charge in [-0.3, -0.25) is 54.3 Å². The van der Waals surface area contributed by atoms with Crippen molar-refractivity contribution in [1.82, 2.24) is 91.4 Å². The molecule has 0 saturated heterocycles. The summed E-state index contributed by atoms with van der Waals surface area (Å²) in [5.41, 5.74) is 8.61. The topological polar surface area (TPSA) is 429 Å². The molecule has 0 radical (unpaired) electrons. The summed E-state index contributed by atoms with van der Waals surface area (Å²) in [6.45, 7) is -0.529. The number of amides is 4. The number of aromatic nitrogens is 19. The molecule has 5 N–H and O–H groups in total. The quantitative estimate of drug-likeness (QED) is 0.137. The molecule has 4 amide bonds. The molecular weight excluding hydrogens is 1250 g/mol. The fourth-order valence-electron chi connectivity index (χ4n) is 8.78. The SMILES string of the molecule is COc1ccc2nc(NC(=O)Cn3cnc4ncn(C)c(=O)c43)oc2c1.Cn1cnc2ncn(CC(=O)Nc3nc4cc(Cl)c(Cl)cc4o3)c2c1=O.Cn1cnc2ncn(CC(=O)Nc3nc4ccc(F)cc4o3)c2c1=O.Cn1cnc2ncn(CC(N)=O)c2c1=O. The Kier molecular flexibility index (Phi) is 16.9. The lowest BCUT2D eigenvalue weighted by Gasteiger charge is -2.03. The van der Waals surface area contributed by atoms with Gasteiger partial charge in [-0.25, -0.2) is 44.3 Å². The third-order valence-corrected chi connectivity index (χ3v) is 13.9. The van der Waals surface area contributed by atoms with E-state index in [9.17, 15) is 42.7 Å². The number of rotatable bonds is 12. The number of halogens is 3. The van der Waals surface area contributed by atoms with Crippen LogP contribution in [0.4, 0.5) is 22.4 Å². The van der Waals surface area contributed by atoms with Gasteiger partial charge in [0, 0.05) is 46.4 Å². The number of carbonyl (C=O) groups excluding carboxylic acids is 4. The van der Waals surface area contributed by atoms with Crippen molar-refractivity contribution in [2.75, 3.05) is 23.1 Å². The van der Waals surface area contributed by atoms with Crippen molar-refractivity contribution >= 4 is 143 Å². The average molecular weight is 1300 g/mol. The number of benzene rings is 3. The van der Waals surface area contributed by atoms with E-state index in [0.717, 1.165) is 0 Å². The van der Waals surface area contributed by atoms with Gasteiger partial charge in [-0.1, -0.05) is 23.2 Å². The van der Waals surface area contributed by atoms with Crippen molar-refractivity contribution in [1.29, 1.82) is 0 Å². The maximum absolute atomic E-state index is 13.2. The van der Waals surface area contributed by atoms with Gasteiger partial charge in [0.05, 0.1) is 67.8 Å². The van der Waals surface area contributed by atoms with Gasteiger partial charge in [0.1, 0.15) is 54.3 Å². The van der Waals surface area contributed by atoms with Crippen LogP contribution in [0.15, 0.2) is 132 Å². The van der Waals surface area contributed by atoms with E-state index in [2.05, 4.69) is 70.8 Å². The van der Waals surface area contributed by atoms with Crippen LogP contribution in [0.5, 0.6) is 5.75 Å². The number of anilines is 3. The van der Waals surface area contributed by atoms with E-state index in [0.29, 0.717) is 54.7 Å². The molecule has 14 aromatic rings. The smallest absolute Gasteiger partial charge is 0.302 e. The predicted octanol–water partition coefficient (Wildman–Crippen LogP) is 2.80. The minimum atomic E-state index is -0.528. The first-order chi connectivity index (χ1) is 44.1. The Hall–Kier alpha value is -12.3. The standard InChI is InChI=1S/C16H14N6O4.C15H10Cl2N6O3.C15H11FN6O3.C8H9N5O2/c1-21-7-17-14-13(15(21)24)22(8-18-14)6-12(23)20-16-19-10-4-3-9(25-2)5-11(10)26-16;1-22-5-18-13-12(14(22)25)23(6-19-13)4-11(24)21-15-20-9-2-7(16)8(17)3-10(9)26-15;1-21-6-17-13-12(14(21)24)22(7-18-13)5-11(23)20-15-19-9-3-2-8(16)4-10(9)25-15;1-12-3-10-7-6(8(12)15)13(4-11-7)2-5(9)14/h3-5,7-8H,6H2,1-2H3,(H,19,20,23);2-3,5-6H,4H2,1H3,(H,20,21,24);2-4,6-7H,5H2,1H3,(H,19,20,23);3-4H,2H2,1H3,(H2,9,14). The van der Waals surface area contributed by atoms with Crippen molar-refractivity contribution in [3.8, 4) is 5.75 Å². The molecule has 0 fully saturated rings. The van der Waals surface area contributed by atoms with Crippen molar-refractivity contribution in [3.05, 3.63) is 156 Å². The van der Waals surface area contributed by atoms with Crippen molar-refractivity contribution in [2.24, 2.45) is 33.9 Å². The number of carbonyl (C=O) groups is 4. The number of nitrogens with one attached hydrogen (secondary N) is 3. The van der Waals surface area contributed by atoms with E-state index in [1.165, 1.54) is 117 Å². The summed E-state index contributed by atoms with van der Waals surface area (Å²) < 4.78 is 45.4. The summed E-state index contributed by atoms with van der Waals surface area (Å²) in [7, 11) is 7.84. The monoisotopic (exact) mass is 1300 g/mol. The molecule has 35 nitrogen and oxygen atoms in total. The number of hydrogen-bond donors (Lipinski definition) is 4. The number of primary amides is 1. The van der Waals surface area contributed by atoms with Gasteiger partial charge >= 0.3 is 18.0 Å². The van der Waals surface area contributed by atoms with Crippen molar-refractivity contribution in [2.45, 2.75) is 26.2 Å². The molecule has 0 atom stereocenters. The maximum atomic E-state index is 13.2. The number of hydrogen-bond acceptors (Lipinski definition) is 23. The molecule has 0 aliphatic rings. The Morgan fingerprint density at radius 2 is 0.793 bits per heavy atom. The van der Waals surface area contributed by atoms with Gasteiger partial charge in [-0.2, -0.15) is 15.0 Å². The van der Waals surface area contributed by atoms with E-state index < -0.39 is 29.4 Å². The molecule has 0 saturated carbocycles. The van der Waals surface area contributed by atoms with Crippen LogP contribution in [0, 0.1) is 5.82 Å². The molecule has 3 aromatic carbocycles. The summed E-state index contributed by atoms with van der Waals surface area (Å²) in [6, 6.07) is 12.1. The van der Waals surface area contributed by atoms with E-state index >= 15 is 0 Å². The lowest BCUT2D eigenvalue weighted by molar-refractivity contribution is -0.119. The van der Waals surface area contributed by atoms with Gasteiger partial charge in [0.2, 0.25) is 23.6 Å². The molecule has 0 bridgehead atoms. The highest BCUT2D eigenvalue weighted by Crippen LogP contribution is 2.30. The largest absolute Gasteiger partial charge is 0.497 e. The van der Waals surface area contributed by atoms with Crippen LogP contribution in [0.1, 0.15) is 0 Å². The molecule has 468 valence electrons. The number of oxazole rings is 3. The van der Waals surface area contributed by atoms with Gasteiger partial charge in [0.15, 0.2) is 61.4 Å². The third kappa shape index (κ3) is 13.0. The number of nitrogens with two attached hydrogens (primary N) is 1. The second-order valence-electron chi connectivity index (χ2n) is 19.7. The Labute approximate surface area is 519 Å². The molecule has 0 aliphatic heterocycles. The first-order valence-corrected chi connectivity index (χ1v) is 27.2. The summed E-state index contributed by atoms with van der Waals surface area (Å²) in [5, 5.41) is 8.22. The van der Waals surface area contributed by atoms with Gasteiger partial charge in [-0.05, 0) is 30.3 Å². The molecule has 92 heavy (non-hydrogen) atoms. The molecule has 0 unspecified atom stereocenters. The van der Waals surface area contributed by atoms with Crippen LogP contribution < -0.4 is 48.7 Å². The van der Waals surface area contributed by atoms with E-state index in [4.69, 9.17) is 46.9 Å². The maximum Gasteiger partial charge on any atom is 0.302 e. The second kappa shape index (κ2) is 25.4. The zero-order valence-corrected chi connectivity index (χ0v) is 49.7. The number of ether oxygens (including phenoxy) is 1. The van der Waals surface area contributed by atoms with Gasteiger partial charge < -0.3 is 60.3 Å². The number of fused-ring (bicyclic) bond motifs is 7. The van der Waals surface area contributed by atoms with Crippen LogP contribution in [-0.4, -0.2) is 122 Å². The highest BCUT2D eigenvalue weighted by atomic mass is 35.5. The highest BCUT2D eigenvalue weighted by Gasteiger charge is 2.20. The summed E-state index contributed by atoms with van der Waals surface area (Å²) in [6.07, 6.45) is 11.0. The minimum Gasteiger partial charge on any atom is -0.497 e. The number of aryl methyl sites for hydroxylation is 4. The van der Waals surface area contributed by atoms with Crippen LogP contribution in [0.2, 0.25) is 10.0 Å². The molecule has 14 rings (SSSR count). The normalized spacial score (nSPS) is 11.2. The Bertz CT molecular complexity index is 5460. The van der Waals surface area contributed by atoms with Gasteiger partial charge in [0.25, 0.3) is 22.2 Å². The fourth-order valence-corrected chi connectivity index (χ4v) is 9.10. The van der Waals surface area contributed by atoms with E-state index in [-0.39, 0.29) is 106 Å². The Morgan fingerprint density at radius 3 is 1.17 bits per heavy atom. The van der Waals surface area contributed by atoms with Crippen molar-refractivity contribution < 1.29 is 41.6 Å². The first-order valence-electron chi connectivity index (χ1n) is 26.5. The number of nitrogens with zero attached hydrogens (tertiary/aromatic N) is 19. The zero-order valence-electron chi connectivity index (χ0n) is 48.2. The minimum absolute atomic E-state index is 0.00113. The predicted molar refractivity (Wildman–Crippen MR) is 325 cm³/mol. The van der Waals surface area contributed by atoms with Crippen molar-refractivity contribution in [3.63, 3.8) is 0 Å². The third-order valence-electron chi connectivity index (χ3n) is 13.2. The summed E-state index contributed by atoms with van der Waals surface area (Å²) in [5.74, 6) is -1.69. The fraction of sp³-hybridized carbons (Fsp3) is 0.167. The average Bonchev–Trinajstić information content (AvgIpc) is 1.72. The van der Waals surface area contributed by atoms with Crippen LogP contribution in [0.25, 0.3) is 78.0 Å². The van der Waals surface area contributed by atoms with Crippen LogP contribution >= 0.6 is 23.2 Å². The number of imidazole rings is 4. The second-order valence-corrected chi connectivity index (χ2v) is 20.5. The first kappa shape index (κ1) is 61.3. The summed E-state index contributed by atoms with van der Waals surface area (Å²) in [4.78, 5) is 140. The molecule has 38 heteroatoms. The Balaban J connectivity index is 0.000000128. The van der Waals surface area contributed by atoms with Crippen LogP contribution in [0.3, 0.4) is 0 Å². The molecule has 0 aliphatic carbocycles. The highest BCUT2D eigenvalue weighted by molar-refractivity contribution is 6.42. The molecular formula is C54H44Cl2FN23O12. The van der Waals surface area contributed by atoms with Gasteiger partial charge in [-0.15, -0.1) is 0 Å². The zero-order chi connectivity index (χ0) is 65.2. The molecule has 11 heterocycles. The molecule has 11 aromatic heterocycles. The van der Waals surface area contributed by atoms with E-state index in [1.54, 1.807) is 53.5 Å². The van der Waals surface area contributed by atoms with Crippen LogP contribution in [-0.2, 0) is 73.5 Å².